The van der Waals surface area contributed by atoms with Gasteiger partial charge < -0.3 is 4.90 Å². The molecule has 1 atom stereocenters. The third kappa shape index (κ3) is 3.32. The van der Waals surface area contributed by atoms with Gasteiger partial charge in [0.1, 0.15) is 0 Å². The van der Waals surface area contributed by atoms with Crippen molar-refractivity contribution in [2.45, 2.75) is 13.8 Å². The van der Waals surface area contributed by atoms with Crippen molar-refractivity contribution in [1.29, 1.82) is 5.26 Å². The monoisotopic (exact) mass is 301 g/mol. The minimum atomic E-state index is -0.215. The van der Waals surface area contributed by atoms with Crippen LogP contribution in [0.2, 0.25) is 5.02 Å². The third-order valence-corrected chi connectivity index (χ3v) is 3.50. The number of amides is 1. The first kappa shape index (κ1) is 15.3. The molecular weight excluding hydrogens is 286 g/mol. The summed E-state index contributed by atoms with van der Waals surface area (Å²) in [5.41, 5.74) is 1.11. The van der Waals surface area contributed by atoms with Crippen LogP contribution in [0.15, 0.2) is 30.5 Å². The summed E-state index contributed by atoms with van der Waals surface area (Å²) < 4.78 is 0. The zero-order chi connectivity index (χ0) is 15.4. The first-order chi connectivity index (χ1) is 10.1. The lowest BCUT2D eigenvalue weighted by Gasteiger charge is -2.22. The smallest absolute Gasteiger partial charge is 0.256 e. The van der Waals surface area contributed by atoms with Crippen LogP contribution in [0.3, 0.4) is 0 Å². The lowest BCUT2D eigenvalue weighted by Crippen LogP contribution is -2.34. The van der Waals surface area contributed by atoms with Crippen LogP contribution in [0.5, 0.6) is 0 Å². The summed E-state index contributed by atoms with van der Waals surface area (Å²) in [6.45, 7) is 4.62. The molecule has 0 aliphatic rings. The maximum absolute atomic E-state index is 12.7. The molecule has 0 bridgehead atoms. The molecule has 0 aliphatic carbocycles. The van der Waals surface area contributed by atoms with Gasteiger partial charge in [-0.15, -0.1) is 0 Å². The van der Waals surface area contributed by atoms with Gasteiger partial charge in [-0.1, -0.05) is 17.7 Å². The molecule has 21 heavy (non-hydrogen) atoms. The second-order valence-corrected chi connectivity index (χ2v) is 5.34. The highest BCUT2D eigenvalue weighted by Gasteiger charge is 2.20. The largest absolute Gasteiger partial charge is 0.338 e. The van der Waals surface area contributed by atoms with Crippen molar-refractivity contribution in [2.75, 3.05) is 13.1 Å². The van der Waals surface area contributed by atoms with E-state index in [1.807, 2.05) is 19.1 Å². The van der Waals surface area contributed by atoms with Gasteiger partial charge in [0, 0.05) is 29.7 Å². The van der Waals surface area contributed by atoms with E-state index in [-0.39, 0.29) is 11.8 Å². The Kier molecular flexibility index (Phi) is 4.77. The van der Waals surface area contributed by atoms with E-state index >= 15 is 0 Å². The number of nitriles is 1. The number of benzene rings is 1. The van der Waals surface area contributed by atoms with Crippen LogP contribution in [-0.4, -0.2) is 28.9 Å². The summed E-state index contributed by atoms with van der Waals surface area (Å²) in [5.74, 6) is -0.363. The molecule has 2 rings (SSSR count). The number of carbonyl (C=O) groups is 1. The Balaban J connectivity index is 2.45. The Morgan fingerprint density at radius 1 is 1.52 bits per heavy atom. The van der Waals surface area contributed by atoms with Gasteiger partial charge in [-0.3, -0.25) is 9.78 Å². The van der Waals surface area contributed by atoms with E-state index in [1.54, 1.807) is 30.2 Å². The summed E-state index contributed by atoms with van der Waals surface area (Å²) in [6.07, 6.45) is 1.65. The van der Waals surface area contributed by atoms with Crippen molar-refractivity contribution in [3.05, 3.63) is 41.0 Å². The zero-order valence-electron chi connectivity index (χ0n) is 12.0. The van der Waals surface area contributed by atoms with Gasteiger partial charge in [-0.05, 0) is 32.0 Å². The fraction of sp³-hybridized carbons (Fsp3) is 0.312. The molecule has 1 aromatic carbocycles. The van der Waals surface area contributed by atoms with E-state index in [9.17, 15) is 4.79 Å². The summed E-state index contributed by atoms with van der Waals surface area (Å²) in [6, 6.07) is 9.26. The number of halogens is 1. The summed E-state index contributed by atoms with van der Waals surface area (Å²) >= 11 is 6.10. The molecule has 0 spiro atoms. The molecule has 5 heteroatoms. The lowest BCUT2D eigenvalue weighted by atomic mass is 10.1. The lowest BCUT2D eigenvalue weighted by molar-refractivity contribution is 0.0754. The third-order valence-electron chi connectivity index (χ3n) is 3.28. The number of hydrogen-bond donors (Lipinski definition) is 0. The quantitative estimate of drug-likeness (QED) is 0.868. The number of nitrogens with zero attached hydrogens (tertiary/aromatic N) is 3. The number of pyridine rings is 1. The van der Waals surface area contributed by atoms with Gasteiger partial charge in [0.25, 0.3) is 5.91 Å². The molecule has 1 heterocycles. The highest BCUT2D eigenvalue weighted by Crippen LogP contribution is 2.23. The van der Waals surface area contributed by atoms with E-state index in [0.29, 0.717) is 29.2 Å². The van der Waals surface area contributed by atoms with Crippen LogP contribution in [0.4, 0.5) is 0 Å². The van der Waals surface area contributed by atoms with Gasteiger partial charge in [0.2, 0.25) is 0 Å². The van der Waals surface area contributed by atoms with Crippen LogP contribution in [0.1, 0.15) is 24.2 Å². The molecular formula is C16H16ClN3O. The predicted molar refractivity (Wildman–Crippen MR) is 83.1 cm³/mol. The van der Waals surface area contributed by atoms with Gasteiger partial charge in [0.05, 0.1) is 23.1 Å². The maximum atomic E-state index is 12.7. The van der Waals surface area contributed by atoms with E-state index < -0.39 is 0 Å². The number of aromatic nitrogens is 1. The van der Waals surface area contributed by atoms with Gasteiger partial charge >= 0.3 is 0 Å². The van der Waals surface area contributed by atoms with Crippen molar-refractivity contribution >= 4 is 28.4 Å². The van der Waals surface area contributed by atoms with Gasteiger partial charge in [0.15, 0.2) is 0 Å². The molecule has 1 amide bonds. The highest BCUT2D eigenvalue weighted by atomic mass is 35.5. The molecule has 0 saturated heterocycles. The van der Waals surface area contributed by atoms with E-state index in [2.05, 4.69) is 11.1 Å². The highest BCUT2D eigenvalue weighted by molar-refractivity contribution is 6.32. The van der Waals surface area contributed by atoms with Crippen LogP contribution in [0, 0.1) is 17.2 Å². The molecule has 1 aromatic heterocycles. The van der Waals surface area contributed by atoms with Crippen molar-refractivity contribution in [2.24, 2.45) is 5.92 Å². The fourth-order valence-corrected chi connectivity index (χ4v) is 2.44. The van der Waals surface area contributed by atoms with Crippen molar-refractivity contribution in [1.82, 2.24) is 9.88 Å². The van der Waals surface area contributed by atoms with Crippen molar-refractivity contribution < 1.29 is 4.79 Å². The minimum Gasteiger partial charge on any atom is -0.338 e. The first-order valence-corrected chi connectivity index (χ1v) is 7.17. The number of fused-ring (bicyclic) bond motifs is 1. The summed E-state index contributed by atoms with van der Waals surface area (Å²) in [7, 11) is 0. The van der Waals surface area contributed by atoms with Crippen LogP contribution in [0.25, 0.3) is 10.9 Å². The normalized spacial score (nSPS) is 11.9. The zero-order valence-corrected chi connectivity index (χ0v) is 12.8. The van der Waals surface area contributed by atoms with Crippen LogP contribution >= 0.6 is 11.6 Å². The Hall–Kier alpha value is -2.12. The van der Waals surface area contributed by atoms with Crippen LogP contribution in [-0.2, 0) is 0 Å². The van der Waals surface area contributed by atoms with Gasteiger partial charge in [-0.25, -0.2) is 0 Å². The minimum absolute atomic E-state index is 0.147. The van der Waals surface area contributed by atoms with Crippen LogP contribution < -0.4 is 0 Å². The van der Waals surface area contributed by atoms with Crippen molar-refractivity contribution in [3.63, 3.8) is 0 Å². The number of hydrogen-bond acceptors (Lipinski definition) is 3. The topological polar surface area (TPSA) is 57.0 Å². The number of carbonyl (C=O) groups excluding carboxylic acids is 1. The standard InChI is InChI=1S/C16H16ClN3O/c1-3-20(10-11(2)9-18)16(21)14-8-13(17)7-12-5-4-6-19-15(12)14/h4-8,11H,3,10H2,1-2H3/t11-/m1/s1. The van der Waals surface area contributed by atoms with E-state index in [1.165, 1.54) is 0 Å². The molecule has 0 fully saturated rings. The van der Waals surface area contributed by atoms with E-state index in [4.69, 9.17) is 16.9 Å². The van der Waals surface area contributed by atoms with E-state index in [0.717, 1.165) is 5.39 Å². The first-order valence-electron chi connectivity index (χ1n) is 6.80. The molecule has 0 radical (unpaired) electrons. The molecule has 2 aromatic rings. The molecule has 0 N–H and O–H groups in total. The summed E-state index contributed by atoms with van der Waals surface area (Å²) in [4.78, 5) is 18.6. The Labute approximate surface area is 129 Å². The molecule has 0 aliphatic heterocycles. The summed E-state index contributed by atoms with van der Waals surface area (Å²) in [5, 5.41) is 10.3. The SMILES string of the molecule is CCN(C[C@H](C)C#N)C(=O)c1cc(Cl)cc2cccnc12. The predicted octanol–water partition coefficient (Wildman–Crippen LogP) is 3.51. The second-order valence-electron chi connectivity index (χ2n) is 4.90. The average Bonchev–Trinajstić information content (AvgIpc) is 2.50. The Morgan fingerprint density at radius 3 is 2.95 bits per heavy atom. The Bertz CT molecular complexity index is 708. The number of rotatable bonds is 4. The molecule has 0 unspecified atom stereocenters. The molecule has 0 saturated carbocycles. The fourth-order valence-electron chi connectivity index (χ4n) is 2.22. The molecule has 4 nitrogen and oxygen atoms in total. The maximum Gasteiger partial charge on any atom is 0.256 e. The Morgan fingerprint density at radius 2 is 2.29 bits per heavy atom. The second kappa shape index (κ2) is 6.55. The van der Waals surface area contributed by atoms with Gasteiger partial charge in [-0.2, -0.15) is 5.26 Å². The average molecular weight is 302 g/mol. The van der Waals surface area contributed by atoms with Crippen molar-refractivity contribution in [3.8, 4) is 6.07 Å². The molecule has 108 valence electrons.